The fraction of sp³-hybridized carbons (Fsp3) is 0.480. The van der Waals surface area contributed by atoms with Gasteiger partial charge >= 0.3 is 0 Å². The minimum atomic E-state index is -1.26. The summed E-state index contributed by atoms with van der Waals surface area (Å²) in [6.45, 7) is 11.2. The number of nitrogens with one attached hydrogen (secondary N) is 1. The van der Waals surface area contributed by atoms with Gasteiger partial charge < -0.3 is 24.8 Å². The van der Waals surface area contributed by atoms with Gasteiger partial charge in [-0.3, -0.25) is 0 Å². The molecule has 3 heterocycles. The molecule has 4 rings (SSSR count). The van der Waals surface area contributed by atoms with Crippen molar-refractivity contribution < 1.29 is 19.3 Å². The van der Waals surface area contributed by atoms with Crippen LogP contribution < -0.4 is 5.32 Å². The van der Waals surface area contributed by atoms with Gasteiger partial charge in [0.1, 0.15) is 22.7 Å². The lowest BCUT2D eigenvalue weighted by atomic mass is 10.1. The first-order valence-electron chi connectivity index (χ1n) is 11.6. The molecule has 188 valence electrons. The number of rotatable bonds is 5. The summed E-state index contributed by atoms with van der Waals surface area (Å²) in [7, 11) is 0. The van der Waals surface area contributed by atoms with E-state index in [9.17, 15) is 10.2 Å². The molecule has 0 amide bonds. The van der Waals surface area contributed by atoms with E-state index in [1.165, 1.54) is 12.3 Å². The zero-order valence-electron chi connectivity index (χ0n) is 20.7. The highest BCUT2D eigenvalue weighted by Gasteiger charge is 2.28. The summed E-state index contributed by atoms with van der Waals surface area (Å²) in [5, 5.41) is 24.7. The lowest BCUT2D eigenvalue weighted by Gasteiger charge is -2.21. The highest BCUT2D eigenvalue weighted by Crippen LogP contribution is 2.35. The van der Waals surface area contributed by atoms with Gasteiger partial charge in [0.2, 0.25) is 5.95 Å². The van der Waals surface area contributed by atoms with Gasteiger partial charge in [-0.2, -0.15) is 0 Å². The van der Waals surface area contributed by atoms with E-state index in [-0.39, 0.29) is 34.4 Å². The van der Waals surface area contributed by atoms with E-state index in [4.69, 9.17) is 16.3 Å². The Morgan fingerprint density at radius 1 is 1.29 bits per heavy atom. The smallest absolute Gasteiger partial charge is 0.223 e. The van der Waals surface area contributed by atoms with E-state index in [1.54, 1.807) is 19.9 Å². The van der Waals surface area contributed by atoms with Gasteiger partial charge in [0.05, 0.1) is 41.2 Å². The maximum Gasteiger partial charge on any atom is 0.223 e. The molecule has 8 nitrogen and oxygen atoms in total. The van der Waals surface area contributed by atoms with E-state index >= 15 is 4.39 Å². The molecule has 1 aromatic carbocycles. The van der Waals surface area contributed by atoms with Crippen LogP contribution in [0.4, 0.5) is 10.3 Å². The quantitative estimate of drug-likeness (QED) is 0.421. The Hall–Kier alpha value is -2.75. The molecule has 0 fully saturated rings. The number of aromatic nitrogens is 4. The summed E-state index contributed by atoms with van der Waals surface area (Å²) < 4.78 is 22.8. The highest BCUT2D eigenvalue weighted by atomic mass is 35.5. The largest absolute Gasteiger partial charge is 0.510 e. The lowest BCUT2D eigenvalue weighted by Crippen LogP contribution is -2.27. The number of benzene rings is 1. The van der Waals surface area contributed by atoms with Crippen molar-refractivity contribution in [2.24, 2.45) is 0 Å². The maximum atomic E-state index is 15.3. The van der Waals surface area contributed by atoms with Gasteiger partial charge in [-0.15, -0.1) is 0 Å². The molecule has 0 spiro atoms. The molecule has 35 heavy (non-hydrogen) atoms. The first-order valence-corrected chi connectivity index (χ1v) is 12.0. The second-order valence-electron chi connectivity index (χ2n) is 9.89. The van der Waals surface area contributed by atoms with Crippen molar-refractivity contribution >= 4 is 28.6 Å². The van der Waals surface area contributed by atoms with Crippen LogP contribution in [0.3, 0.4) is 0 Å². The third kappa shape index (κ3) is 4.98. The van der Waals surface area contributed by atoms with Crippen molar-refractivity contribution in [1.82, 2.24) is 19.5 Å². The van der Waals surface area contributed by atoms with Crippen LogP contribution in [0.25, 0.3) is 22.3 Å². The van der Waals surface area contributed by atoms with Gasteiger partial charge in [-0.25, -0.2) is 19.3 Å². The maximum absolute atomic E-state index is 15.3. The molecule has 1 aliphatic rings. The topological polar surface area (TPSA) is 105 Å². The summed E-state index contributed by atoms with van der Waals surface area (Å²) in [4.78, 5) is 13.2. The predicted octanol–water partition coefficient (Wildman–Crippen LogP) is 5.52. The van der Waals surface area contributed by atoms with Crippen molar-refractivity contribution in [3.8, 4) is 11.3 Å². The molecule has 0 aliphatic carbocycles. The number of aliphatic hydroxyl groups excluding tert-OH is 1. The average molecular weight is 504 g/mol. The monoisotopic (exact) mass is 503 g/mol. The Morgan fingerprint density at radius 2 is 2.00 bits per heavy atom. The van der Waals surface area contributed by atoms with Crippen molar-refractivity contribution in [2.45, 2.75) is 71.8 Å². The second-order valence-corrected chi connectivity index (χ2v) is 10.3. The van der Waals surface area contributed by atoms with Crippen LogP contribution in [0.1, 0.15) is 59.8 Å². The molecule has 1 unspecified atom stereocenters. The summed E-state index contributed by atoms with van der Waals surface area (Å²) in [5.41, 5.74) is 0.959. The van der Waals surface area contributed by atoms with E-state index < -0.39 is 17.5 Å². The molecule has 2 aromatic heterocycles. The number of hydrogen-bond acceptors (Lipinski definition) is 7. The standard InChI is InChI=1S/C25H31ClFN5O3/c1-12(2)32-19-9-15(8-17(27)21(19)30-23(32)25(5,6)34)20-16(26)10-28-24(31-20)29-18-7-14(4)35-11-13(3)22(18)33/h8-10,12,14,18,33-34H,7,11H2,1-6H3,(H,28,29,31)/t14-,18?/m0/s1. The number of aliphatic hydroxyl groups is 2. The number of fused-ring (bicyclic) bond motifs is 1. The minimum absolute atomic E-state index is 0.0725. The second kappa shape index (κ2) is 9.37. The van der Waals surface area contributed by atoms with Crippen LogP contribution in [0, 0.1) is 5.82 Å². The number of hydrogen-bond donors (Lipinski definition) is 3. The molecule has 3 N–H and O–H groups in total. The molecular formula is C25H31ClFN5O3. The predicted molar refractivity (Wildman–Crippen MR) is 134 cm³/mol. The molecule has 3 aromatic rings. The average Bonchev–Trinajstić information content (AvgIpc) is 3.14. The molecule has 0 saturated heterocycles. The number of nitrogens with zero attached hydrogens (tertiary/aromatic N) is 4. The first kappa shape index (κ1) is 25.3. The zero-order chi connectivity index (χ0) is 25.7. The summed E-state index contributed by atoms with van der Waals surface area (Å²) in [6.07, 6.45) is 1.90. The zero-order valence-corrected chi connectivity index (χ0v) is 21.5. The molecule has 0 saturated carbocycles. The Balaban J connectivity index is 1.80. The molecule has 0 bridgehead atoms. The summed E-state index contributed by atoms with van der Waals surface area (Å²) in [6, 6.07) is 2.58. The fourth-order valence-corrected chi connectivity index (χ4v) is 4.52. The lowest BCUT2D eigenvalue weighted by molar-refractivity contribution is 0.0641. The van der Waals surface area contributed by atoms with Gasteiger partial charge in [0.15, 0.2) is 5.82 Å². The van der Waals surface area contributed by atoms with E-state index in [0.717, 1.165) is 5.57 Å². The number of anilines is 1. The van der Waals surface area contributed by atoms with E-state index in [1.807, 2.05) is 32.3 Å². The molecule has 10 heteroatoms. The van der Waals surface area contributed by atoms with Crippen LogP contribution in [-0.4, -0.2) is 48.5 Å². The molecular weight excluding hydrogens is 473 g/mol. The van der Waals surface area contributed by atoms with Gasteiger partial charge in [0.25, 0.3) is 0 Å². The van der Waals surface area contributed by atoms with Gasteiger partial charge in [0, 0.05) is 18.0 Å². The van der Waals surface area contributed by atoms with Crippen molar-refractivity contribution in [1.29, 1.82) is 0 Å². The van der Waals surface area contributed by atoms with Crippen LogP contribution in [0.2, 0.25) is 5.02 Å². The van der Waals surface area contributed by atoms with Crippen LogP contribution >= 0.6 is 11.6 Å². The Labute approximate surface area is 208 Å². The van der Waals surface area contributed by atoms with Crippen LogP contribution in [-0.2, 0) is 10.3 Å². The van der Waals surface area contributed by atoms with Crippen LogP contribution in [0.5, 0.6) is 0 Å². The number of imidazole rings is 1. The third-order valence-corrected chi connectivity index (χ3v) is 6.33. The molecule has 0 radical (unpaired) electrons. The van der Waals surface area contributed by atoms with Gasteiger partial charge in [-0.1, -0.05) is 11.6 Å². The van der Waals surface area contributed by atoms with E-state index in [0.29, 0.717) is 35.6 Å². The molecule has 2 atom stereocenters. The molecule has 1 aliphatic heterocycles. The Bertz CT molecular complexity index is 1300. The summed E-state index contributed by atoms with van der Waals surface area (Å²) in [5.74, 6) is 0.273. The Morgan fingerprint density at radius 3 is 2.66 bits per heavy atom. The minimum Gasteiger partial charge on any atom is -0.510 e. The third-order valence-electron chi connectivity index (χ3n) is 6.05. The van der Waals surface area contributed by atoms with Crippen molar-refractivity contribution in [2.75, 3.05) is 11.9 Å². The Kier molecular flexibility index (Phi) is 6.78. The normalized spacial score (nSPS) is 19.5. The van der Waals surface area contributed by atoms with Crippen molar-refractivity contribution in [3.05, 3.63) is 46.3 Å². The first-order chi connectivity index (χ1) is 16.4. The van der Waals surface area contributed by atoms with Crippen LogP contribution in [0.15, 0.2) is 29.7 Å². The van der Waals surface area contributed by atoms with E-state index in [2.05, 4.69) is 20.3 Å². The number of halogens is 2. The van der Waals surface area contributed by atoms with Crippen molar-refractivity contribution in [3.63, 3.8) is 0 Å². The van der Waals surface area contributed by atoms with Gasteiger partial charge in [-0.05, 0) is 59.2 Å². The fourth-order valence-electron chi connectivity index (χ4n) is 4.32. The summed E-state index contributed by atoms with van der Waals surface area (Å²) >= 11 is 6.44. The number of ether oxygens (including phenoxy) is 1. The highest BCUT2D eigenvalue weighted by molar-refractivity contribution is 6.33. The SMILES string of the molecule is CC1=C(O)C(Nc2ncc(Cl)c(-c3cc(F)c4nc(C(C)(C)O)n(C(C)C)c4c3)n2)C[C@H](C)OC1.